The Morgan fingerprint density at radius 2 is 1.77 bits per heavy atom. The van der Waals surface area contributed by atoms with Crippen LogP contribution in [-0.2, 0) is 0 Å². The van der Waals surface area contributed by atoms with Crippen molar-refractivity contribution in [3.63, 3.8) is 0 Å². The number of amides is 1. The molecule has 3 aromatic carbocycles. The second-order valence-corrected chi connectivity index (χ2v) is 9.38. The number of nitrogens with zero attached hydrogens (tertiary/aromatic N) is 1. The van der Waals surface area contributed by atoms with Crippen molar-refractivity contribution in [2.75, 3.05) is 11.5 Å². The van der Waals surface area contributed by atoms with Crippen LogP contribution < -0.4 is 15.1 Å². The van der Waals surface area contributed by atoms with E-state index >= 15 is 0 Å². The molecule has 0 spiro atoms. The van der Waals surface area contributed by atoms with Crippen LogP contribution in [0.25, 0.3) is 11.0 Å². The minimum absolute atomic E-state index is 0.0630. The van der Waals surface area contributed by atoms with Gasteiger partial charge in [0.2, 0.25) is 5.76 Å². The number of carbonyl (C=O) groups excluding carboxylic acids is 1. The topological polar surface area (TPSA) is 59.8 Å². The van der Waals surface area contributed by atoms with Crippen LogP contribution in [0.15, 0.2) is 69.9 Å². The van der Waals surface area contributed by atoms with Gasteiger partial charge in [-0.15, -0.1) is 0 Å². The molecule has 1 aliphatic heterocycles. The Morgan fingerprint density at radius 3 is 2.54 bits per heavy atom. The molecule has 6 heteroatoms. The second-order valence-electron chi connectivity index (χ2n) is 8.94. The zero-order valence-electron chi connectivity index (χ0n) is 19.9. The number of unbranched alkanes of at least 4 members (excludes halogenated alkanes) is 1. The van der Waals surface area contributed by atoms with Gasteiger partial charge in [-0.2, -0.15) is 0 Å². The van der Waals surface area contributed by atoms with Crippen LogP contribution >= 0.6 is 11.6 Å². The van der Waals surface area contributed by atoms with Gasteiger partial charge < -0.3 is 9.15 Å². The number of halogens is 1. The SMILES string of the molecule is CCCCOc1cccc(C2c3c(oc4cc(C)c(C)cc4c3=O)C(=O)N2c2cccc(Cl)c2)c1. The zero-order chi connectivity index (χ0) is 24.7. The lowest BCUT2D eigenvalue weighted by Gasteiger charge is -2.25. The third-order valence-electron chi connectivity index (χ3n) is 6.51. The molecular formula is C29H26ClNO4. The first-order valence-electron chi connectivity index (χ1n) is 11.8. The van der Waals surface area contributed by atoms with Crippen LogP contribution in [0.2, 0.25) is 5.02 Å². The van der Waals surface area contributed by atoms with Gasteiger partial charge >= 0.3 is 0 Å². The molecule has 1 unspecified atom stereocenters. The third kappa shape index (κ3) is 4.10. The minimum atomic E-state index is -0.673. The fraction of sp³-hybridized carbons (Fsp3) is 0.241. The second kappa shape index (κ2) is 9.23. The maximum Gasteiger partial charge on any atom is 0.295 e. The Kier molecular flexibility index (Phi) is 6.12. The van der Waals surface area contributed by atoms with E-state index in [2.05, 4.69) is 6.92 Å². The van der Waals surface area contributed by atoms with Crippen LogP contribution in [0.5, 0.6) is 5.75 Å². The molecule has 0 aliphatic carbocycles. The number of rotatable bonds is 6. The Labute approximate surface area is 208 Å². The normalized spacial score (nSPS) is 15.0. The highest BCUT2D eigenvalue weighted by Crippen LogP contribution is 2.42. The molecule has 1 amide bonds. The van der Waals surface area contributed by atoms with E-state index in [0.717, 1.165) is 29.5 Å². The van der Waals surface area contributed by atoms with Gasteiger partial charge in [-0.25, -0.2) is 0 Å². The lowest BCUT2D eigenvalue weighted by molar-refractivity contribution is 0.0971. The minimum Gasteiger partial charge on any atom is -0.494 e. The molecule has 1 aromatic heterocycles. The molecule has 5 rings (SSSR count). The van der Waals surface area contributed by atoms with E-state index in [-0.39, 0.29) is 17.1 Å². The van der Waals surface area contributed by atoms with Crippen LogP contribution in [0.4, 0.5) is 5.69 Å². The monoisotopic (exact) mass is 487 g/mol. The van der Waals surface area contributed by atoms with E-state index < -0.39 is 6.04 Å². The zero-order valence-corrected chi connectivity index (χ0v) is 20.7. The van der Waals surface area contributed by atoms with Crippen molar-refractivity contribution in [1.29, 1.82) is 0 Å². The summed E-state index contributed by atoms with van der Waals surface area (Å²) >= 11 is 6.28. The molecule has 35 heavy (non-hydrogen) atoms. The van der Waals surface area contributed by atoms with Crippen LogP contribution in [0.1, 0.15) is 58.6 Å². The molecule has 0 saturated carbocycles. The first kappa shape index (κ1) is 23.2. The average molecular weight is 488 g/mol. The summed E-state index contributed by atoms with van der Waals surface area (Å²) in [5.41, 5.74) is 3.87. The molecule has 0 N–H and O–H groups in total. The average Bonchev–Trinajstić information content (AvgIpc) is 3.13. The summed E-state index contributed by atoms with van der Waals surface area (Å²) in [5, 5.41) is 0.963. The number of benzene rings is 3. The largest absolute Gasteiger partial charge is 0.494 e. The Hall–Kier alpha value is -3.57. The van der Waals surface area contributed by atoms with E-state index in [9.17, 15) is 9.59 Å². The van der Waals surface area contributed by atoms with Gasteiger partial charge in [0.15, 0.2) is 5.43 Å². The first-order chi connectivity index (χ1) is 16.9. The summed E-state index contributed by atoms with van der Waals surface area (Å²) in [5.74, 6) is 0.384. The van der Waals surface area contributed by atoms with Gasteiger partial charge in [0, 0.05) is 10.7 Å². The quantitative estimate of drug-likeness (QED) is 0.275. The predicted molar refractivity (Wildman–Crippen MR) is 139 cm³/mol. The van der Waals surface area contributed by atoms with E-state index in [1.54, 1.807) is 23.1 Å². The van der Waals surface area contributed by atoms with Gasteiger partial charge in [0.1, 0.15) is 11.3 Å². The number of aryl methyl sites for hydroxylation is 2. The molecule has 5 nitrogen and oxygen atoms in total. The van der Waals surface area contributed by atoms with Crippen molar-refractivity contribution < 1.29 is 13.9 Å². The van der Waals surface area contributed by atoms with Crippen LogP contribution in [0, 0.1) is 13.8 Å². The lowest BCUT2D eigenvalue weighted by Crippen LogP contribution is -2.29. The van der Waals surface area contributed by atoms with Crippen molar-refractivity contribution in [3.8, 4) is 5.75 Å². The summed E-state index contributed by atoms with van der Waals surface area (Å²) < 4.78 is 12.0. The summed E-state index contributed by atoms with van der Waals surface area (Å²) in [7, 11) is 0. The van der Waals surface area contributed by atoms with Gasteiger partial charge in [-0.1, -0.05) is 43.1 Å². The van der Waals surface area contributed by atoms with Crippen molar-refractivity contribution in [1.82, 2.24) is 0 Å². The smallest absolute Gasteiger partial charge is 0.295 e. The third-order valence-corrected chi connectivity index (χ3v) is 6.75. The fourth-order valence-electron chi connectivity index (χ4n) is 4.54. The summed E-state index contributed by atoms with van der Waals surface area (Å²) in [4.78, 5) is 29.2. The highest BCUT2D eigenvalue weighted by Gasteiger charge is 2.43. The molecule has 2 heterocycles. The Morgan fingerprint density at radius 1 is 1.00 bits per heavy atom. The number of ether oxygens (including phenoxy) is 1. The van der Waals surface area contributed by atoms with E-state index in [1.807, 2.05) is 56.3 Å². The maximum absolute atomic E-state index is 13.9. The van der Waals surface area contributed by atoms with Crippen LogP contribution in [-0.4, -0.2) is 12.5 Å². The predicted octanol–water partition coefficient (Wildman–Crippen LogP) is 6.99. The highest BCUT2D eigenvalue weighted by molar-refractivity contribution is 6.31. The van der Waals surface area contributed by atoms with Crippen molar-refractivity contribution in [2.45, 2.75) is 39.7 Å². The number of anilines is 1. The summed E-state index contributed by atoms with van der Waals surface area (Å²) in [6.07, 6.45) is 1.97. The Balaban J connectivity index is 1.74. The van der Waals surface area contributed by atoms with Crippen LogP contribution in [0.3, 0.4) is 0 Å². The van der Waals surface area contributed by atoms with Gasteiger partial charge in [-0.05, 0) is 79.4 Å². The summed E-state index contributed by atoms with van der Waals surface area (Å²) in [6, 6.07) is 17.6. The molecule has 0 bridgehead atoms. The molecule has 1 aliphatic rings. The molecule has 178 valence electrons. The van der Waals surface area contributed by atoms with E-state index in [0.29, 0.717) is 39.6 Å². The van der Waals surface area contributed by atoms with E-state index in [4.69, 9.17) is 20.8 Å². The number of fused-ring (bicyclic) bond motifs is 2. The molecule has 0 radical (unpaired) electrons. The standard InChI is InChI=1S/C29H26ClNO4/c1-4-5-12-34-22-11-6-8-19(15-22)26-25-27(32)23-13-17(2)18(3)14-24(23)35-28(25)29(33)31(26)21-10-7-9-20(30)16-21/h6-11,13-16,26H,4-5,12H2,1-3H3. The number of hydrogen-bond donors (Lipinski definition) is 0. The molecule has 0 saturated heterocycles. The number of hydrogen-bond acceptors (Lipinski definition) is 4. The Bertz CT molecular complexity index is 1510. The number of carbonyl (C=O) groups is 1. The first-order valence-corrected chi connectivity index (χ1v) is 12.2. The lowest BCUT2D eigenvalue weighted by atomic mass is 9.97. The highest BCUT2D eigenvalue weighted by atomic mass is 35.5. The summed E-state index contributed by atoms with van der Waals surface area (Å²) in [6.45, 7) is 6.62. The molecular weight excluding hydrogens is 462 g/mol. The van der Waals surface area contributed by atoms with Gasteiger partial charge in [0.05, 0.1) is 23.6 Å². The van der Waals surface area contributed by atoms with Crippen molar-refractivity contribution >= 4 is 34.2 Å². The van der Waals surface area contributed by atoms with Gasteiger partial charge in [-0.3, -0.25) is 14.5 Å². The maximum atomic E-state index is 13.9. The molecule has 4 aromatic rings. The fourth-order valence-corrected chi connectivity index (χ4v) is 4.73. The van der Waals surface area contributed by atoms with Crippen molar-refractivity contribution in [3.05, 3.63) is 104 Å². The molecule has 0 fully saturated rings. The van der Waals surface area contributed by atoms with Crippen molar-refractivity contribution in [2.24, 2.45) is 0 Å². The van der Waals surface area contributed by atoms with E-state index in [1.165, 1.54) is 0 Å². The molecule has 1 atom stereocenters. The van der Waals surface area contributed by atoms with Gasteiger partial charge in [0.25, 0.3) is 5.91 Å².